The predicted molar refractivity (Wildman–Crippen MR) is 84.2 cm³/mol. The second-order valence-electron chi connectivity index (χ2n) is 5.62. The Bertz CT molecular complexity index is 570. The van der Waals surface area contributed by atoms with Crippen LogP contribution in [0, 0.1) is 0 Å². The maximum absolute atomic E-state index is 5.33. The van der Waals surface area contributed by atoms with Gasteiger partial charge in [0.05, 0.1) is 7.11 Å². The van der Waals surface area contributed by atoms with Crippen molar-refractivity contribution in [3.05, 3.63) is 59.9 Å². The highest BCUT2D eigenvalue weighted by atomic mass is 16.5. The average Bonchev–Trinajstić information content (AvgIpc) is 2.56. The first-order chi connectivity index (χ1) is 10.4. The van der Waals surface area contributed by atoms with E-state index < -0.39 is 0 Å². The minimum absolute atomic E-state index is 0.485. The van der Waals surface area contributed by atoms with Crippen molar-refractivity contribution in [2.24, 2.45) is 0 Å². The number of piperidine rings is 1. The molecular formula is C18H22N2O. The van der Waals surface area contributed by atoms with Crippen molar-refractivity contribution >= 4 is 0 Å². The van der Waals surface area contributed by atoms with Crippen LogP contribution in [0.1, 0.15) is 36.4 Å². The molecule has 0 spiro atoms. The summed E-state index contributed by atoms with van der Waals surface area (Å²) in [6.07, 6.45) is 7.65. The second-order valence-corrected chi connectivity index (χ2v) is 5.62. The fraction of sp³-hybridized carbons (Fsp3) is 0.389. The number of ether oxygens (including phenoxy) is 1. The number of hydrogen-bond donors (Lipinski definition) is 0. The van der Waals surface area contributed by atoms with Gasteiger partial charge >= 0.3 is 0 Å². The van der Waals surface area contributed by atoms with E-state index in [1.807, 2.05) is 24.5 Å². The zero-order chi connectivity index (χ0) is 14.5. The summed E-state index contributed by atoms with van der Waals surface area (Å²) in [6, 6.07) is 13.1. The first-order valence-electron chi connectivity index (χ1n) is 7.64. The normalized spacial score (nSPS) is 19.4. The lowest BCUT2D eigenvalue weighted by atomic mass is 9.96. The van der Waals surface area contributed by atoms with E-state index in [1.54, 1.807) is 7.11 Å². The molecule has 0 aliphatic carbocycles. The first kappa shape index (κ1) is 14.1. The van der Waals surface area contributed by atoms with E-state index in [2.05, 4.69) is 34.1 Å². The largest absolute Gasteiger partial charge is 0.497 e. The van der Waals surface area contributed by atoms with E-state index in [9.17, 15) is 0 Å². The number of aromatic nitrogens is 1. The molecule has 110 valence electrons. The summed E-state index contributed by atoms with van der Waals surface area (Å²) in [5.41, 5.74) is 2.64. The minimum Gasteiger partial charge on any atom is -0.497 e. The van der Waals surface area contributed by atoms with E-state index in [4.69, 9.17) is 4.74 Å². The van der Waals surface area contributed by atoms with Gasteiger partial charge in [-0.05, 0) is 48.7 Å². The zero-order valence-electron chi connectivity index (χ0n) is 12.5. The second kappa shape index (κ2) is 6.72. The number of hydrogen-bond acceptors (Lipinski definition) is 3. The van der Waals surface area contributed by atoms with Crippen LogP contribution in [0.4, 0.5) is 0 Å². The monoisotopic (exact) mass is 282 g/mol. The molecule has 21 heavy (non-hydrogen) atoms. The summed E-state index contributed by atoms with van der Waals surface area (Å²) >= 11 is 0. The third-order valence-corrected chi connectivity index (χ3v) is 4.20. The highest BCUT2D eigenvalue weighted by Gasteiger charge is 2.24. The van der Waals surface area contributed by atoms with Gasteiger partial charge in [-0.25, -0.2) is 0 Å². The molecule has 1 atom stereocenters. The van der Waals surface area contributed by atoms with E-state index in [0.29, 0.717) is 6.04 Å². The summed E-state index contributed by atoms with van der Waals surface area (Å²) in [4.78, 5) is 6.85. The van der Waals surface area contributed by atoms with E-state index in [0.717, 1.165) is 18.8 Å². The van der Waals surface area contributed by atoms with Crippen LogP contribution in [0.3, 0.4) is 0 Å². The summed E-state index contributed by atoms with van der Waals surface area (Å²) in [6.45, 7) is 2.12. The topological polar surface area (TPSA) is 25.4 Å². The molecule has 1 saturated heterocycles. The van der Waals surface area contributed by atoms with Crippen LogP contribution >= 0.6 is 0 Å². The molecule has 1 aromatic carbocycles. The quantitative estimate of drug-likeness (QED) is 0.852. The highest BCUT2D eigenvalue weighted by Crippen LogP contribution is 2.32. The van der Waals surface area contributed by atoms with Gasteiger partial charge in [0.25, 0.3) is 0 Å². The van der Waals surface area contributed by atoms with Crippen LogP contribution < -0.4 is 4.74 Å². The van der Waals surface area contributed by atoms with Gasteiger partial charge in [-0.15, -0.1) is 0 Å². The standard InChI is InChI=1S/C18H22N2O/c1-21-17-8-4-6-15(12-17)14-20-11-3-2-9-18(20)16-7-5-10-19-13-16/h4-8,10,12-13,18H,2-3,9,11,14H2,1H3/t18-/m1/s1. The molecule has 1 aliphatic rings. The van der Waals surface area contributed by atoms with Gasteiger partial charge in [0.2, 0.25) is 0 Å². The first-order valence-corrected chi connectivity index (χ1v) is 7.64. The molecule has 0 saturated carbocycles. The van der Waals surface area contributed by atoms with Crippen LogP contribution in [-0.2, 0) is 6.54 Å². The van der Waals surface area contributed by atoms with E-state index in [-0.39, 0.29) is 0 Å². The van der Waals surface area contributed by atoms with Crippen molar-refractivity contribution in [2.75, 3.05) is 13.7 Å². The molecule has 0 unspecified atom stereocenters. The Kier molecular flexibility index (Phi) is 4.51. The van der Waals surface area contributed by atoms with E-state index in [1.165, 1.54) is 30.4 Å². The van der Waals surface area contributed by atoms with Crippen LogP contribution in [0.25, 0.3) is 0 Å². The molecule has 3 rings (SSSR count). The Labute approximate surface area is 126 Å². The lowest BCUT2D eigenvalue weighted by molar-refractivity contribution is 0.140. The van der Waals surface area contributed by atoms with Crippen molar-refractivity contribution in [3.63, 3.8) is 0 Å². The lowest BCUT2D eigenvalue weighted by Crippen LogP contribution is -2.32. The third kappa shape index (κ3) is 3.42. The van der Waals surface area contributed by atoms with Crippen molar-refractivity contribution in [3.8, 4) is 5.75 Å². The number of nitrogens with zero attached hydrogens (tertiary/aromatic N) is 2. The lowest BCUT2D eigenvalue weighted by Gasteiger charge is -2.36. The van der Waals surface area contributed by atoms with Gasteiger partial charge in [-0.3, -0.25) is 9.88 Å². The maximum atomic E-state index is 5.33. The van der Waals surface area contributed by atoms with Crippen LogP contribution in [-0.4, -0.2) is 23.5 Å². The van der Waals surface area contributed by atoms with Gasteiger partial charge in [-0.2, -0.15) is 0 Å². The molecule has 0 N–H and O–H groups in total. The zero-order valence-corrected chi connectivity index (χ0v) is 12.5. The van der Waals surface area contributed by atoms with Crippen molar-refractivity contribution < 1.29 is 4.74 Å². The van der Waals surface area contributed by atoms with Crippen molar-refractivity contribution in [1.82, 2.24) is 9.88 Å². The van der Waals surface area contributed by atoms with Gasteiger partial charge in [0, 0.05) is 25.0 Å². The fourth-order valence-corrected chi connectivity index (χ4v) is 3.14. The van der Waals surface area contributed by atoms with Crippen LogP contribution in [0.5, 0.6) is 5.75 Å². The minimum atomic E-state index is 0.485. The maximum Gasteiger partial charge on any atom is 0.119 e. The molecule has 2 heterocycles. The van der Waals surface area contributed by atoms with Gasteiger partial charge in [-0.1, -0.05) is 24.6 Å². The Morgan fingerprint density at radius 2 is 2.19 bits per heavy atom. The molecule has 3 heteroatoms. The smallest absolute Gasteiger partial charge is 0.119 e. The Morgan fingerprint density at radius 1 is 1.24 bits per heavy atom. The third-order valence-electron chi connectivity index (χ3n) is 4.20. The number of methoxy groups -OCH3 is 1. The molecule has 1 aliphatic heterocycles. The van der Waals surface area contributed by atoms with Crippen molar-refractivity contribution in [2.45, 2.75) is 31.8 Å². The average molecular weight is 282 g/mol. The molecule has 2 aromatic rings. The number of benzene rings is 1. The summed E-state index contributed by atoms with van der Waals surface area (Å²) in [5, 5.41) is 0. The van der Waals surface area contributed by atoms with E-state index >= 15 is 0 Å². The van der Waals surface area contributed by atoms with Gasteiger partial charge < -0.3 is 4.74 Å². The number of pyridine rings is 1. The Hall–Kier alpha value is -1.87. The molecular weight excluding hydrogens is 260 g/mol. The molecule has 1 aromatic heterocycles. The summed E-state index contributed by atoms with van der Waals surface area (Å²) in [7, 11) is 1.72. The highest BCUT2D eigenvalue weighted by molar-refractivity contribution is 5.28. The Balaban J connectivity index is 1.78. The molecule has 0 amide bonds. The van der Waals surface area contributed by atoms with Crippen molar-refractivity contribution in [1.29, 1.82) is 0 Å². The molecule has 0 bridgehead atoms. The fourth-order valence-electron chi connectivity index (χ4n) is 3.14. The summed E-state index contributed by atoms with van der Waals surface area (Å²) < 4.78 is 5.33. The molecule has 3 nitrogen and oxygen atoms in total. The summed E-state index contributed by atoms with van der Waals surface area (Å²) in [5.74, 6) is 0.933. The van der Waals surface area contributed by atoms with Gasteiger partial charge in [0.1, 0.15) is 5.75 Å². The molecule has 0 radical (unpaired) electrons. The number of rotatable bonds is 4. The van der Waals surface area contributed by atoms with Crippen LogP contribution in [0.2, 0.25) is 0 Å². The predicted octanol–water partition coefficient (Wildman–Crippen LogP) is 3.82. The van der Waals surface area contributed by atoms with Gasteiger partial charge in [0.15, 0.2) is 0 Å². The number of likely N-dealkylation sites (tertiary alicyclic amines) is 1. The van der Waals surface area contributed by atoms with Crippen LogP contribution in [0.15, 0.2) is 48.8 Å². The molecule has 1 fully saturated rings. The Morgan fingerprint density at radius 3 is 3.00 bits per heavy atom. The SMILES string of the molecule is COc1cccc(CN2CCCC[C@@H]2c2cccnc2)c1.